The van der Waals surface area contributed by atoms with E-state index in [1.54, 1.807) is 31.4 Å². The van der Waals surface area contributed by atoms with Gasteiger partial charge in [-0.1, -0.05) is 12.1 Å². The van der Waals surface area contributed by atoms with Crippen LogP contribution in [0.1, 0.15) is 22.8 Å². The molecule has 2 aromatic carbocycles. The van der Waals surface area contributed by atoms with Crippen molar-refractivity contribution in [3.05, 3.63) is 59.7 Å². The van der Waals surface area contributed by atoms with E-state index in [1.807, 2.05) is 31.2 Å². The minimum Gasteiger partial charge on any atom is -0.497 e. The van der Waals surface area contributed by atoms with Gasteiger partial charge in [0, 0.05) is 12.0 Å². The molecule has 1 N–H and O–H groups in total. The van der Waals surface area contributed by atoms with Crippen LogP contribution in [0.2, 0.25) is 0 Å². The molecule has 0 saturated heterocycles. The highest BCUT2D eigenvalue weighted by Gasteiger charge is 2.09. The summed E-state index contributed by atoms with van der Waals surface area (Å²) in [5.41, 5.74) is 1.50. The predicted octanol–water partition coefficient (Wildman–Crippen LogP) is 2.61. The zero-order valence-corrected chi connectivity index (χ0v) is 15.0. The fourth-order valence-electron chi connectivity index (χ4n) is 2.25. The second kappa shape index (κ2) is 10.1. The third-order valence-electron chi connectivity index (χ3n) is 3.63. The van der Waals surface area contributed by atoms with E-state index < -0.39 is 5.97 Å². The third-order valence-corrected chi connectivity index (χ3v) is 3.63. The Morgan fingerprint density at radius 3 is 2.23 bits per heavy atom. The Labute approximate surface area is 153 Å². The number of hydrogen-bond donors (Lipinski definition) is 1. The summed E-state index contributed by atoms with van der Waals surface area (Å²) in [4.78, 5) is 23.7. The maximum Gasteiger partial charge on any atom is 0.325 e. The maximum absolute atomic E-state index is 12.0. The Morgan fingerprint density at radius 2 is 1.62 bits per heavy atom. The third kappa shape index (κ3) is 6.12. The molecule has 26 heavy (non-hydrogen) atoms. The molecule has 0 saturated carbocycles. The zero-order valence-electron chi connectivity index (χ0n) is 15.0. The molecule has 0 heterocycles. The number of esters is 1. The van der Waals surface area contributed by atoms with Gasteiger partial charge in [-0.05, 0) is 48.9 Å². The quantitative estimate of drug-likeness (QED) is 0.699. The van der Waals surface area contributed by atoms with Crippen LogP contribution in [0.5, 0.6) is 11.5 Å². The second-order valence-electron chi connectivity index (χ2n) is 5.46. The average molecular weight is 357 g/mol. The normalized spacial score (nSPS) is 10.1. The van der Waals surface area contributed by atoms with E-state index in [9.17, 15) is 9.59 Å². The van der Waals surface area contributed by atoms with Gasteiger partial charge in [-0.2, -0.15) is 0 Å². The fourth-order valence-corrected chi connectivity index (χ4v) is 2.25. The Kier molecular flexibility index (Phi) is 7.49. The molecule has 0 aliphatic rings. The minimum atomic E-state index is -0.474. The molecule has 0 bridgehead atoms. The molecule has 0 radical (unpaired) electrons. The molecule has 138 valence electrons. The highest BCUT2D eigenvalue weighted by atomic mass is 16.5. The number of rotatable bonds is 9. The van der Waals surface area contributed by atoms with Crippen LogP contribution in [0.3, 0.4) is 0 Å². The smallest absolute Gasteiger partial charge is 0.325 e. The predicted molar refractivity (Wildman–Crippen MR) is 97.6 cm³/mol. The summed E-state index contributed by atoms with van der Waals surface area (Å²) < 4.78 is 15.5. The molecule has 2 aromatic rings. The van der Waals surface area contributed by atoms with E-state index in [1.165, 1.54) is 0 Å². The number of ether oxygens (including phenoxy) is 3. The SMILES string of the molecule is CCOc1ccc(C(=O)NCC(=O)OCCc2ccc(OC)cc2)cc1. The standard InChI is InChI=1S/C20H23NO5/c1-3-25-18-10-6-16(7-11-18)20(23)21-14-19(22)26-13-12-15-4-8-17(24-2)9-5-15/h4-11H,3,12-14H2,1-2H3,(H,21,23). The van der Waals surface area contributed by atoms with Crippen molar-refractivity contribution in [3.63, 3.8) is 0 Å². The van der Waals surface area contributed by atoms with Crippen molar-refractivity contribution in [2.45, 2.75) is 13.3 Å². The lowest BCUT2D eigenvalue weighted by Gasteiger charge is -2.08. The van der Waals surface area contributed by atoms with Crippen LogP contribution in [0.15, 0.2) is 48.5 Å². The van der Waals surface area contributed by atoms with Gasteiger partial charge in [0.15, 0.2) is 0 Å². The van der Waals surface area contributed by atoms with E-state index in [2.05, 4.69) is 5.32 Å². The van der Waals surface area contributed by atoms with E-state index in [4.69, 9.17) is 14.2 Å². The molecule has 0 spiro atoms. The van der Waals surface area contributed by atoms with E-state index in [0.29, 0.717) is 24.3 Å². The minimum absolute atomic E-state index is 0.172. The number of carbonyl (C=O) groups excluding carboxylic acids is 2. The fraction of sp³-hybridized carbons (Fsp3) is 0.300. The van der Waals surface area contributed by atoms with Gasteiger partial charge in [0.05, 0.1) is 20.3 Å². The highest BCUT2D eigenvalue weighted by molar-refractivity contribution is 5.96. The van der Waals surface area contributed by atoms with Gasteiger partial charge in [0.1, 0.15) is 18.0 Å². The van der Waals surface area contributed by atoms with Crippen LogP contribution < -0.4 is 14.8 Å². The highest BCUT2D eigenvalue weighted by Crippen LogP contribution is 2.12. The number of nitrogens with one attached hydrogen (secondary N) is 1. The van der Waals surface area contributed by atoms with Crippen molar-refractivity contribution in [1.29, 1.82) is 0 Å². The molecule has 0 fully saturated rings. The van der Waals surface area contributed by atoms with Crippen LogP contribution >= 0.6 is 0 Å². The van der Waals surface area contributed by atoms with Crippen molar-refractivity contribution in [1.82, 2.24) is 5.32 Å². The van der Waals surface area contributed by atoms with Crippen LogP contribution in [0.4, 0.5) is 0 Å². The van der Waals surface area contributed by atoms with Gasteiger partial charge < -0.3 is 19.5 Å². The van der Waals surface area contributed by atoms with Gasteiger partial charge in [0.25, 0.3) is 5.91 Å². The molecular weight excluding hydrogens is 334 g/mol. The van der Waals surface area contributed by atoms with E-state index in [0.717, 1.165) is 11.3 Å². The Balaban J connectivity index is 1.69. The zero-order chi connectivity index (χ0) is 18.8. The molecule has 0 unspecified atom stereocenters. The number of methoxy groups -OCH3 is 1. The number of amides is 1. The van der Waals surface area contributed by atoms with E-state index in [-0.39, 0.29) is 19.1 Å². The number of hydrogen-bond acceptors (Lipinski definition) is 5. The number of benzene rings is 2. The average Bonchev–Trinajstić information content (AvgIpc) is 2.67. The molecular formula is C20H23NO5. The van der Waals surface area contributed by atoms with Crippen molar-refractivity contribution >= 4 is 11.9 Å². The molecule has 0 aliphatic heterocycles. The summed E-state index contributed by atoms with van der Waals surface area (Å²) in [6.45, 7) is 2.54. The van der Waals surface area contributed by atoms with Gasteiger partial charge in [-0.15, -0.1) is 0 Å². The van der Waals surface area contributed by atoms with Crippen molar-refractivity contribution in [3.8, 4) is 11.5 Å². The molecule has 6 nitrogen and oxygen atoms in total. The molecule has 0 atom stereocenters. The van der Waals surface area contributed by atoms with Crippen molar-refractivity contribution in [2.24, 2.45) is 0 Å². The Hall–Kier alpha value is -3.02. The maximum atomic E-state index is 12.0. The molecule has 0 aromatic heterocycles. The first-order chi connectivity index (χ1) is 12.6. The molecule has 2 rings (SSSR count). The van der Waals surface area contributed by atoms with Crippen molar-refractivity contribution in [2.75, 3.05) is 26.9 Å². The molecule has 1 amide bonds. The summed E-state index contributed by atoms with van der Waals surface area (Å²) in [6, 6.07) is 14.3. The Morgan fingerprint density at radius 1 is 0.962 bits per heavy atom. The topological polar surface area (TPSA) is 73.9 Å². The van der Waals surface area contributed by atoms with Crippen LogP contribution in [-0.2, 0) is 16.0 Å². The molecule has 6 heteroatoms. The Bertz CT molecular complexity index is 710. The lowest BCUT2D eigenvalue weighted by molar-refractivity contribution is -0.142. The number of carbonyl (C=O) groups is 2. The summed E-state index contributed by atoms with van der Waals surface area (Å²) in [7, 11) is 1.61. The van der Waals surface area contributed by atoms with Gasteiger partial charge >= 0.3 is 5.97 Å². The first-order valence-electron chi connectivity index (χ1n) is 8.42. The molecule has 0 aliphatic carbocycles. The van der Waals surface area contributed by atoms with E-state index >= 15 is 0 Å². The van der Waals surface area contributed by atoms with Crippen LogP contribution in [0, 0.1) is 0 Å². The van der Waals surface area contributed by atoms with Gasteiger partial charge in [-0.25, -0.2) is 0 Å². The first kappa shape index (κ1) is 19.3. The summed E-state index contributed by atoms with van der Waals surface area (Å²) in [5, 5.41) is 2.54. The summed E-state index contributed by atoms with van der Waals surface area (Å²) in [6.07, 6.45) is 0.600. The van der Waals surface area contributed by atoms with Crippen molar-refractivity contribution < 1.29 is 23.8 Å². The summed E-state index contributed by atoms with van der Waals surface area (Å²) >= 11 is 0. The monoisotopic (exact) mass is 357 g/mol. The first-order valence-corrected chi connectivity index (χ1v) is 8.42. The van der Waals surface area contributed by atoms with Crippen LogP contribution in [0.25, 0.3) is 0 Å². The summed E-state index contributed by atoms with van der Waals surface area (Å²) in [5.74, 6) is 0.669. The van der Waals surface area contributed by atoms with Gasteiger partial charge in [-0.3, -0.25) is 9.59 Å². The largest absolute Gasteiger partial charge is 0.497 e. The lowest BCUT2D eigenvalue weighted by atomic mass is 10.1. The second-order valence-corrected chi connectivity index (χ2v) is 5.46. The van der Waals surface area contributed by atoms with Gasteiger partial charge in [0.2, 0.25) is 0 Å². The van der Waals surface area contributed by atoms with Crippen LogP contribution in [-0.4, -0.2) is 38.7 Å². The lowest BCUT2D eigenvalue weighted by Crippen LogP contribution is -2.30.